The molecule has 0 saturated carbocycles. The van der Waals surface area contributed by atoms with E-state index in [0.29, 0.717) is 5.92 Å². The molecule has 0 bridgehead atoms. The van der Waals surface area contributed by atoms with E-state index in [1.807, 2.05) is 0 Å². The van der Waals surface area contributed by atoms with Crippen LogP contribution in [0, 0.1) is 5.92 Å². The Hall–Kier alpha value is -0.0200. The highest BCUT2D eigenvalue weighted by atomic mass is 79.9. The Morgan fingerprint density at radius 1 is 1.31 bits per heavy atom. The Balaban J connectivity index is 2.89. The molecule has 0 heterocycles. The molecule has 0 atom stereocenters. The number of hydrogen-bond donors (Lipinski definition) is 0. The molecule has 0 fully saturated rings. The van der Waals surface area contributed by atoms with Crippen molar-refractivity contribution in [3.8, 4) is 0 Å². The van der Waals surface area contributed by atoms with Gasteiger partial charge in [-0.3, -0.25) is 0 Å². The summed E-state index contributed by atoms with van der Waals surface area (Å²) < 4.78 is 1.18. The molecule has 0 unspecified atom stereocenters. The average Bonchev–Trinajstić information content (AvgIpc) is 2.25. The van der Waals surface area contributed by atoms with Crippen LogP contribution in [0.4, 0.5) is 5.69 Å². The fourth-order valence-corrected chi connectivity index (χ4v) is 3.07. The van der Waals surface area contributed by atoms with Gasteiger partial charge in [0.25, 0.3) is 0 Å². The second-order valence-corrected chi connectivity index (χ2v) is 5.76. The number of halogens is 2. The third kappa shape index (κ3) is 3.77. The van der Waals surface area contributed by atoms with Crippen LogP contribution in [-0.4, -0.2) is 13.1 Å². The van der Waals surface area contributed by atoms with Gasteiger partial charge in [-0.25, -0.2) is 0 Å². The fraction of sp³-hybridized carbons (Fsp3) is 0.538. The second kappa shape index (κ2) is 6.65. The summed E-state index contributed by atoms with van der Waals surface area (Å²) in [6, 6.07) is 6.59. The van der Waals surface area contributed by atoms with E-state index in [1.54, 1.807) is 0 Å². The van der Waals surface area contributed by atoms with Crippen molar-refractivity contribution in [3.05, 3.63) is 28.2 Å². The Labute approximate surface area is 115 Å². The van der Waals surface area contributed by atoms with Gasteiger partial charge in [-0.1, -0.05) is 51.8 Å². The summed E-state index contributed by atoms with van der Waals surface area (Å²) >= 11 is 7.10. The first-order valence-corrected chi connectivity index (χ1v) is 7.59. The van der Waals surface area contributed by atoms with E-state index in [2.05, 4.69) is 75.7 Å². The van der Waals surface area contributed by atoms with E-state index >= 15 is 0 Å². The van der Waals surface area contributed by atoms with Gasteiger partial charge in [0.1, 0.15) is 0 Å². The molecule has 1 aromatic carbocycles. The van der Waals surface area contributed by atoms with Gasteiger partial charge in [0, 0.05) is 28.6 Å². The van der Waals surface area contributed by atoms with Crippen molar-refractivity contribution in [1.29, 1.82) is 0 Å². The van der Waals surface area contributed by atoms with Gasteiger partial charge in [-0.05, 0) is 30.5 Å². The van der Waals surface area contributed by atoms with Gasteiger partial charge in [0.05, 0.1) is 0 Å². The number of alkyl halides is 1. The maximum atomic E-state index is 3.61. The van der Waals surface area contributed by atoms with Gasteiger partial charge >= 0.3 is 0 Å². The summed E-state index contributed by atoms with van der Waals surface area (Å²) in [4.78, 5) is 2.41. The molecule has 1 rings (SSSR count). The Bertz CT molecular complexity index is 337. The predicted octanol–water partition coefficient (Wildman–Crippen LogP) is 4.83. The van der Waals surface area contributed by atoms with Crippen molar-refractivity contribution in [2.24, 2.45) is 5.92 Å². The van der Waals surface area contributed by atoms with Crippen LogP contribution in [0.1, 0.15) is 26.3 Å². The van der Waals surface area contributed by atoms with Crippen molar-refractivity contribution in [2.45, 2.75) is 26.1 Å². The maximum absolute atomic E-state index is 3.61. The summed E-state index contributed by atoms with van der Waals surface area (Å²) in [5, 5.41) is 0.893. The molecule has 0 aliphatic carbocycles. The van der Waals surface area contributed by atoms with Gasteiger partial charge in [0.15, 0.2) is 0 Å². The van der Waals surface area contributed by atoms with Gasteiger partial charge in [-0.2, -0.15) is 0 Å². The number of hydrogen-bond acceptors (Lipinski definition) is 1. The minimum atomic E-state index is 0.689. The molecule has 0 saturated heterocycles. The summed E-state index contributed by atoms with van der Waals surface area (Å²) in [5.74, 6) is 0.689. The zero-order chi connectivity index (χ0) is 12.1. The average molecular weight is 349 g/mol. The largest absolute Gasteiger partial charge is 0.372 e. The van der Waals surface area contributed by atoms with Crippen molar-refractivity contribution in [3.63, 3.8) is 0 Å². The second-order valence-electron chi connectivity index (χ2n) is 4.34. The third-order valence-electron chi connectivity index (χ3n) is 2.51. The van der Waals surface area contributed by atoms with E-state index in [1.165, 1.54) is 15.7 Å². The highest BCUT2D eigenvalue weighted by Gasteiger charge is 2.08. The molecular formula is C13H19Br2N. The normalized spacial score (nSPS) is 10.9. The van der Waals surface area contributed by atoms with Crippen molar-refractivity contribution >= 4 is 37.5 Å². The van der Waals surface area contributed by atoms with Gasteiger partial charge < -0.3 is 4.90 Å². The lowest BCUT2D eigenvalue weighted by atomic mass is 10.1. The smallest absolute Gasteiger partial charge is 0.0377 e. The monoisotopic (exact) mass is 347 g/mol. The van der Waals surface area contributed by atoms with Crippen LogP contribution in [0.2, 0.25) is 0 Å². The van der Waals surface area contributed by atoms with Crippen molar-refractivity contribution in [1.82, 2.24) is 0 Å². The topological polar surface area (TPSA) is 3.24 Å². The predicted molar refractivity (Wildman–Crippen MR) is 79.5 cm³/mol. The highest BCUT2D eigenvalue weighted by molar-refractivity contribution is 9.10. The van der Waals surface area contributed by atoms with E-state index in [-0.39, 0.29) is 0 Å². The zero-order valence-corrected chi connectivity index (χ0v) is 13.3. The first kappa shape index (κ1) is 14.0. The van der Waals surface area contributed by atoms with Crippen LogP contribution in [0.25, 0.3) is 0 Å². The zero-order valence-electron chi connectivity index (χ0n) is 10.1. The fourth-order valence-electron chi connectivity index (χ4n) is 1.70. The third-order valence-corrected chi connectivity index (χ3v) is 3.86. The van der Waals surface area contributed by atoms with Gasteiger partial charge in [0.2, 0.25) is 0 Å². The Morgan fingerprint density at radius 2 is 2.00 bits per heavy atom. The SMILES string of the molecule is CCN(CC(C)C)c1ccc(CBr)c(Br)c1. The van der Waals surface area contributed by atoms with Crippen LogP contribution in [0.3, 0.4) is 0 Å². The Morgan fingerprint density at radius 3 is 2.44 bits per heavy atom. The van der Waals surface area contributed by atoms with E-state index in [4.69, 9.17) is 0 Å². The summed E-state index contributed by atoms with van der Waals surface area (Å²) in [6.07, 6.45) is 0. The lowest BCUT2D eigenvalue weighted by Gasteiger charge is -2.25. The molecule has 0 aliphatic heterocycles. The van der Waals surface area contributed by atoms with Crippen LogP contribution >= 0.6 is 31.9 Å². The summed E-state index contributed by atoms with van der Waals surface area (Å²) in [5.41, 5.74) is 2.59. The number of anilines is 1. The molecule has 0 amide bonds. The quantitative estimate of drug-likeness (QED) is 0.689. The van der Waals surface area contributed by atoms with Crippen LogP contribution < -0.4 is 4.90 Å². The minimum absolute atomic E-state index is 0.689. The van der Waals surface area contributed by atoms with E-state index in [0.717, 1.165) is 18.4 Å². The molecule has 0 N–H and O–H groups in total. The van der Waals surface area contributed by atoms with Gasteiger partial charge in [-0.15, -0.1) is 0 Å². The van der Waals surface area contributed by atoms with Crippen LogP contribution in [-0.2, 0) is 5.33 Å². The lowest BCUT2D eigenvalue weighted by Crippen LogP contribution is -2.27. The standard InChI is InChI=1S/C13H19Br2N/c1-4-16(9-10(2)3)12-6-5-11(8-14)13(15)7-12/h5-7,10H,4,8-9H2,1-3H3. The molecule has 0 aromatic heterocycles. The first-order chi connectivity index (χ1) is 7.58. The molecule has 16 heavy (non-hydrogen) atoms. The van der Waals surface area contributed by atoms with E-state index in [9.17, 15) is 0 Å². The summed E-state index contributed by atoms with van der Waals surface area (Å²) in [7, 11) is 0. The molecule has 0 spiro atoms. The van der Waals surface area contributed by atoms with Crippen molar-refractivity contribution in [2.75, 3.05) is 18.0 Å². The number of nitrogens with zero attached hydrogens (tertiary/aromatic N) is 1. The molecule has 1 nitrogen and oxygen atoms in total. The Kier molecular flexibility index (Phi) is 5.84. The van der Waals surface area contributed by atoms with E-state index < -0.39 is 0 Å². The molecule has 90 valence electrons. The molecule has 1 aromatic rings. The highest BCUT2D eigenvalue weighted by Crippen LogP contribution is 2.26. The van der Waals surface area contributed by atoms with Crippen LogP contribution in [0.5, 0.6) is 0 Å². The first-order valence-electron chi connectivity index (χ1n) is 5.67. The molecule has 0 radical (unpaired) electrons. The number of benzene rings is 1. The summed E-state index contributed by atoms with van der Waals surface area (Å²) in [6.45, 7) is 8.87. The lowest BCUT2D eigenvalue weighted by molar-refractivity contribution is 0.618. The maximum Gasteiger partial charge on any atom is 0.0377 e. The molecule has 0 aliphatic rings. The molecule has 3 heteroatoms. The van der Waals surface area contributed by atoms with Crippen molar-refractivity contribution < 1.29 is 0 Å². The number of rotatable bonds is 5. The minimum Gasteiger partial charge on any atom is -0.372 e. The van der Waals surface area contributed by atoms with Crippen LogP contribution in [0.15, 0.2) is 22.7 Å². The molecular weight excluding hydrogens is 330 g/mol.